The van der Waals surface area contributed by atoms with E-state index in [1.54, 1.807) is 38.4 Å². The second kappa shape index (κ2) is 12.0. The number of amides is 1. The number of benzene rings is 2. The van der Waals surface area contributed by atoms with Gasteiger partial charge in [-0.2, -0.15) is 4.98 Å². The molecule has 3 rings (SSSR count). The average molecular weight is 470 g/mol. The van der Waals surface area contributed by atoms with Gasteiger partial charge in [-0.25, -0.2) is 0 Å². The van der Waals surface area contributed by atoms with Gasteiger partial charge in [0, 0.05) is 24.6 Å². The molecule has 0 fully saturated rings. The maximum atomic E-state index is 12.7. The van der Waals surface area contributed by atoms with Crippen molar-refractivity contribution in [2.45, 2.75) is 32.9 Å². The number of carbonyl (C=O) groups excluding carboxylic acids is 1. The van der Waals surface area contributed by atoms with Crippen LogP contribution < -0.4 is 14.2 Å². The summed E-state index contributed by atoms with van der Waals surface area (Å²) in [6.45, 7) is 4.75. The van der Waals surface area contributed by atoms with E-state index < -0.39 is 0 Å². The van der Waals surface area contributed by atoms with Gasteiger partial charge in [0.25, 0.3) is 0 Å². The lowest BCUT2D eigenvalue weighted by Crippen LogP contribution is -2.40. The van der Waals surface area contributed by atoms with Crippen LogP contribution in [0, 0.1) is 0 Å². The largest absolute Gasteiger partial charge is 0.493 e. The van der Waals surface area contributed by atoms with E-state index in [0.717, 1.165) is 5.56 Å². The van der Waals surface area contributed by atoms with Gasteiger partial charge in [0.1, 0.15) is 6.61 Å². The summed E-state index contributed by atoms with van der Waals surface area (Å²) in [4.78, 5) is 18.9. The first-order chi connectivity index (χ1) is 16.5. The highest BCUT2D eigenvalue weighted by Crippen LogP contribution is 2.40. The second-order valence-electron chi connectivity index (χ2n) is 7.84. The average Bonchev–Trinajstić information content (AvgIpc) is 3.32. The molecule has 0 saturated heterocycles. The molecular weight excluding hydrogens is 438 g/mol. The SMILES string of the molecule is COc1cc(-c2noc(CCN(C(=O)COCc3ccccc3)C(C)C)n2)cc(OC)c1OC. The molecule has 0 atom stereocenters. The fourth-order valence-corrected chi connectivity index (χ4v) is 3.48. The predicted molar refractivity (Wildman–Crippen MR) is 126 cm³/mol. The first-order valence-corrected chi connectivity index (χ1v) is 11.0. The molecular formula is C25H31N3O6. The molecule has 0 radical (unpaired) electrons. The van der Waals surface area contributed by atoms with Crippen LogP contribution in [0.15, 0.2) is 47.0 Å². The van der Waals surface area contributed by atoms with Crippen LogP contribution in [0.5, 0.6) is 17.2 Å². The molecule has 0 bridgehead atoms. The number of methoxy groups -OCH3 is 3. The highest BCUT2D eigenvalue weighted by Gasteiger charge is 2.20. The number of aromatic nitrogens is 2. The van der Waals surface area contributed by atoms with Crippen LogP contribution in [0.2, 0.25) is 0 Å². The van der Waals surface area contributed by atoms with E-state index in [9.17, 15) is 4.79 Å². The standard InChI is InChI=1S/C25H31N3O6/c1-17(2)28(23(29)16-33-15-18-9-7-6-8-10-18)12-11-22-26-25(27-34-22)19-13-20(30-3)24(32-5)21(14-19)31-4/h6-10,13-14,17H,11-12,15-16H2,1-5H3. The Morgan fingerprint density at radius 2 is 1.71 bits per heavy atom. The van der Waals surface area contributed by atoms with E-state index in [-0.39, 0.29) is 18.6 Å². The van der Waals surface area contributed by atoms with Crippen LogP contribution in [0.25, 0.3) is 11.4 Å². The smallest absolute Gasteiger partial charge is 0.248 e. The van der Waals surface area contributed by atoms with Crippen LogP contribution in [0.1, 0.15) is 25.3 Å². The summed E-state index contributed by atoms with van der Waals surface area (Å²) in [7, 11) is 4.63. The molecule has 2 aromatic carbocycles. The van der Waals surface area contributed by atoms with Crippen molar-refractivity contribution in [2.24, 2.45) is 0 Å². The minimum atomic E-state index is -0.0877. The van der Waals surface area contributed by atoms with Crippen LogP contribution >= 0.6 is 0 Å². The zero-order valence-corrected chi connectivity index (χ0v) is 20.2. The van der Waals surface area contributed by atoms with E-state index >= 15 is 0 Å². The molecule has 0 aliphatic heterocycles. The minimum Gasteiger partial charge on any atom is -0.493 e. The Hall–Kier alpha value is -3.59. The quantitative estimate of drug-likeness (QED) is 0.396. The van der Waals surface area contributed by atoms with Crippen molar-refractivity contribution in [3.8, 4) is 28.6 Å². The van der Waals surface area contributed by atoms with Crippen LogP contribution in [-0.2, 0) is 22.6 Å². The summed E-state index contributed by atoms with van der Waals surface area (Å²) < 4.78 is 27.2. The summed E-state index contributed by atoms with van der Waals surface area (Å²) in [6.07, 6.45) is 0.417. The number of hydrogen-bond acceptors (Lipinski definition) is 8. The van der Waals surface area contributed by atoms with E-state index in [4.69, 9.17) is 23.5 Å². The Kier molecular flexibility index (Phi) is 8.86. The fourth-order valence-electron chi connectivity index (χ4n) is 3.48. The predicted octanol–water partition coefficient (Wildman–Crippen LogP) is 3.76. The van der Waals surface area contributed by atoms with E-state index in [1.165, 1.54) is 0 Å². The number of rotatable bonds is 12. The van der Waals surface area contributed by atoms with Gasteiger partial charge in [-0.15, -0.1) is 0 Å². The lowest BCUT2D eigenvalue weighted by atomic mass is 10.1. The van der Waals surface area contributed by atoms with Crippen molar-refractivity contribution >= 4 is 5.91 Å². The highest BCUT2D eigenvalue weighted by atomic mass is 16.5. The molecule has 34 heavy (non-hydrogen) atoms. The van der Waals surface area contributed by atoms with Gasteiger partial charge in [0.15, 0.2) is 11.5 Å². The molecule has 1 aromatic heterocycles. The molecule has 0 unspecified atom stereocenters. The monoisotopic (exact) mass is 469 g/mol. The third kappa shape index (κ3) is 6.26. The van der Waals surface area contributed by atoms with Gasteiger partial charge in [-0.1, -0.05) is 35.5 Å². The topological polar surface area (TPSA) is 96.2 Å². The summed E-state index contributed by atoms with van der Waals surface area (Å²) in [5.41, 5.74) is 1.69. The van der Waals surface area contributed by atoms with Gasteiger partial charge in [0.2, 0.25) is 23.4 Å². The van der Waals surface area contributed by atoms with Crippen LogP contribution in [0.3, 0.4) is 0 Å². The molecule has 1 heterocycles. The Labute approximate surface area is 199 Å². The van der Waals surface area contributed by atoms with E-state index in [2.05, 4.69) is 10.1 Å². The molecule has 182 valence electrons. The van der Waals surface area contributed by atoms with E-state index in [0.29, 0.717) is 54.1 Å². The van der Waals surface area contributed by atoms with Crippen molar-refractivity contribution in [3.05, 3.63) is 53.9 Å². The second-order valence-corrected chi connectivity index (χ2v) is 7.84. The Morgan fingerprint density at radius 3 is 2.29 bits per heavy atom. The van der Waals surface area contributed by atoms with Gasteiger partial charge in [-0.05, 0) is 31.5 Å². The molecule has 9 heteroatoms. The lowest BCUT2D eigenvalue weighted by Gasteiger charge is -2.26. The first kappa shape index (κ1) is 25.0. The van der Waals surface area contributed by atoms with Gasteiger partial charge in [0.05, 0.1) is 27.9 Å². The molecule has 1 amide bonds. The number of nitrogens with zero attached hydrogens (tertiary/aromatic N) is 3. The summed E-state index contributed by atoms with van der Waals surface area (Å²) in [5, 5.41) is 4.08. The van der Waals surface area contributed by atoms with Crippen molar-refractivity contribution in [3.63, 3.8) is 0 Å². The molecule has 0 aliphatic carbocycles. The van der Waals surface area contributed by atoms with E-state index in [1.807, 2.05) is 44.2 Å². The first-order valence-electron chi connectivity index (χ1n) is 11.0. The fraction of sp³-hybridized carbons (Fsp3) is 0.400. The molecule has 0 aliphatic rings. The van der Waals surface area contributed by atoms with Crippen LogP contribution in [-0.4, -0.2) is 61.5 Å². The van der Waals surface area contributed by atoms with Gasteiger partial charge >= 0.3 is 0 Å². The number of ether oxygens (including phenoxy) is 4. The summed E-state index contributed by atoms with van der Waals surface area (Å²) in [6, 6.07) is 13.3. The van der Waals surface area contributed by atoms with Crippen molar-refractivity contribution < 1.29 is 28.3 Å². The van der Waals surface area contributed by atoms with Gasteiger partial charge < -0.3 is 28.4 Å². The zero-order valence-electron chi connectivity index (χ0n) is 20.2. The normalized spacial score (nSPS) is 10.9. The Morgan fingerprint density at radius 1 is 1.03 bits per heavy atom. The summed E-state index contributed by atoms with van der Waals surface area (Å²) >= 11 is 0. The molecule has 0 saturated carbocycles. The zero-order chi connectivity index (χ0) is 24.5. The van der Waals surface area contributed by atoms with Crippen molar-refractivity contribution in [1.82, 2.24) is 15.0 Å². The lowest BCUT2D eigenvalue weighted by molar-refractivity contribution is -0.138. The molecule has 3 aromatic rings. The Balaban J connectivity index is 1.62. The van der Waals surface area contributed by atoms with Crippen LogP contribution in [0.4, 0.5) is 0 Å². The molecule has 0 N–H and O–H groups in total. The number of hydrogen-bond donors (Lipinski definition) is 0. The maximum Gasteiger partial charge on any atom is 0.248 e. The maximum absolute atomic E-state index is 12.7. The van der Waals surface area contributed by atoms with Gasteiger partial charge in [-0.3, -0.25) is 4.79 Å². The highest BCUT2D eigenvalue weighted by molar-refractivity contribution is 5.77. The Bertz CT molecular complexity index is 1040. The summed E-state index contributed by atoms with van der Waals surface area (Å²) in [5.74, 6) is 2.20. The number of carbonyl (C=O) groups is 1. The minimum absolute atomic E-state index is 0.00493. The molecule has 9 nitrogen and oxygen atoms in total. The van der Waals surface area contributed by atoms with Crippen molar-refractivity contribution in [2.75, 3.05) is 34.5 Å². The third-order valence-electron chi connectivity index (χ3n) is 5.24. The third-order valence-corrected chi connectivity index (χ3v) is 5.24. The molecule has 0 spiro atoms. The van der Waals surface area contributed by atoms with Crippen molar-refractivity contribution in [1.29, 1.82) is 0 Å².